The predicted octanol–water partition coefficient (Wildman–Crippen LogP) is 5.31. The van der Waals surface area contributed by atoms with Crippen LogP contribution in [0.25, 0.3) is 0 Å². The minimum atomic E-state index is -0.367. The average Bonchev–Trinajstić information content (AvgIpc) is 2.42. The fourth-order valence-electron chi connectivity index (χ4n) is 1.75. The molecule has 0 radical (unpaired) electrons. The van der Waals surface area contributed by atoms with E-state index >= 15 is 0 Å². The lowest BCUT2D eigenvalue weighted by molar-refractivity contribution is 0.475. The molecule has 1 N–H and O–H groups in total. The lowest BCUT2D eigenvalue weighted by Gasteiger charge is -2.14. The molecule has 0 aromatic heterocycles. The highest BCUT2D eigenvalue weighted by Crippen LogP contribution is 2.31. The zero-order chi connectivity index (χ0) is 14.7. The average molecular weight is 359 g/mol. The summed E-state index contributed by atoms with van der Waals surface area (Å²) in [5, 5.41) is 3.74. The molecular formula is C15H14BrClFNO. The van der Waals surface area contributed by atoms with Gasteiger partial charge in [0.25, 0.3) is 0 Å². The van der Waals surface area contributed by atoms with E-state index in [1.807, 2.05) is 26.1 Å². The van der Waals surface area contributed by atoms with Crippen LogP contribution in [0.1, 0.15) is 18.5 Å². The first kappa shape index (κ1) is 15.3. The minimum Gasteiger partial charge on any atom is -0.457 e. The SMILES string of the molecule is CNC(C)c1ccc(Oc2ccc(Br)c(F)c2)cc1Cl. The summed E-state index contributed by atoms with van der Waals surface area (Å²) in [6, 6.07) is 10.2. The van der Waals surface area contributed by atoms with Crippen molar-refractivity contribution < 1.29 is 9.13 Å². The summed E-state index contributed by atoms with van der Waals surface area (Å²) in [7, 11) is 1.87. The number of benzene rings is 2. The monoisotopic (exact) mass is 357 g/mol. The molecule has 0 aliphatic rings. The first-order chi connectivity index (χ1) is 9.51. The molecule has 1 unspecified atom stereocenters. The highest BCUT2D eigenvalue weighted by atomic mass is 79.9. The van der Waals surface area contributed by atoms with E-state index in [0.29, 0.717) is 21.0 Å². The summed E-state index contributed by atoms with van der Waals surface area (Å²) in [4.78, 5) is 0. The van der Waals surface area contributed by atoms with Crippen LogP contribution in [0.4, 0.5) is 4.39 Å². The van der Waals surface area contributed by atoms with Crippen molar-refractivity contribution in [2.75, 3.05) is 7.05 Å². The molecule has 2 aromatic carbocycles. The van der Waals surface area contributed by atoms with E-state index in [9.17, 15) is 4.39 Å². The smallest absolute Gasteiger partial charge is 0.141 e. The van der Waals surface area contributed by atoms with Gasteiger partial charge < -0.3 is 10.1 Å². The normalized spacial score (nSPS) is 12.2. The second-order valence-electron chi connectivity index (χ2n) is 4.37. The Morgan fingerprint density at radius 3 is 2.45 bits per heavy atom. The lowest BCUT2D eigenvalue weighted by Crippen LogP contribution is -2.12. The van der Waals surface area contributed by atoms with Crippen molar-refractivity contribution in [3.8, 4) is 11.5 Å². The molecule has 20 heavy (non-hydrogen) atoms. The molecule has 2 rings (SSSR count). The third-order valence-electron chi connectivity index (χ3n) is 3.00. The molecule has 0 saturated heterocycles. The van der Waals surface area contributed by atoms with Crippen LogP contribution in [0.3, 0.4) is 0 Å². The van der Waals surface area contributed by atoms with Crippen molar-refractivity contribution in [1.82, 2.24) is 5.32 Å². The predicted molar refractivity (Wildman–Crippen MR) is 83.1 cm³/mol. The zero-order valence-corrected chi connectivity index (χ0v) is 13.4. The number of nitrogens with one attached hydrogen (secondary N) is 1. The Morgan fingerprint density at radius 1 is 1.20 bits per heavy atom. The summed E-state index contributed by atoms with van der Waals surface area (Å²) in [5.41, 5.74) is 0.989. The van der Waals surface area contributed by atoms with Crippen LogP contribution in [0, 0.1) is 5.82 Å². The molecule has 0 fully saturated rings. The van der Waals surface area contributed by atoms with Gasteiger partial charge in [-0.1, -0.05) is 17.7 Å². The maximum Gasteiger partial charge on any atom is 0.141 e. The Hall–Kier alpha value is -1.10. The van der Waals surface area contributed by atoms with Gasteiger partial charge in [0.2, 0.25) is 0 Å². The summed E-state index contributed by atoms with van der Waals surface area (Å²) in [5.74, 6) is 0.633. The Balaban J connectivity index is 2.22. The van der Waals surface area contributed by atoms with Gasteiger partial charge in [0, 0.05) is 17.1 Å². The Morgan fingerprint density at radius 2 is 1.85 bits per heavy atom. The number of ether oxygens (including phenoxy) is 1. The molecule has 1 atom stereocenters. The maximum atomic E-state index is 13.4. The molecule has 0 saturated carbocycles. The summed E-state index contributed by atoms with van der Waals surface area (Å²) < 4.78 is 19.4. The summed E-state index contributed by atoms with van der Waals surface area (Å²) >= 11 is 9.33. The lowest BCUT2D eigenvalue weighted by atomic mass is 10.1. The van der Waals surface area contributed by atoms with Crippen molar-refractivity contribution in [2.24, 2.45) is 0 Å². The van der Waals surface area contributed by atoms with Crippen LogP contribution in [-0.2, 0) is 0 Å². The quantitative estimate of drug-likeness (QED) is 0.799. The first-order valence-corrected chi connectivity index (χ1v) is 7.28. The highest BCUT2D eigenvalue weighted by molar-refractivity contribution is 9.10. The van der Waals surface area contributed by atoms with Gasteiger partial charge in [-0.15, -0.1) is 0 Å². The largest absolute Gasteiger partial charge is 0.457 e. The van der Waals surface area contributed by atoms with E-state index in [0.717, 1.165) is 5.56 Å². The third kappa shape index (κ3) is 3.51. The van der Waals surface area contributed by atoms with Gasteiger partial charge in [-0.3, -0.25) is 0 Å². The number of hydrogen-bond donors (Lipinski definition) is 1. The molecule has 0 aliphatic heterocycles. The maximum absolute atomic E-state index is 13.4. The molecule has 2 aromatic rings. The van der Waals surface area contributed by atoms with Crippen molar-refractivity contribution in [1.29, 1.82) is 0 Å². The van der Waals surface area contributed by atoms with Crippen LogP contribution in [0.15, 0.2) is 40.9 Å². The number of rotatable bonds is 4. The molecule has 0 aliphatic carbocycles. The van der Waals surface area contributed by atoms with Gasteiger partial charge in [-0.25, -0.2) is 4.39 Å². The molecule has 2 nitrogen and oxygen atoms in total. The van der Waals surface area contributed by atoms with E-state index in [2.05, 4.69) is 21.2 Å². The standard InChI is InChI=1S/C15H14BrClFNO/c1-9(19-2)12-5-3-10(7-14(12)17)20-11-4-6-13(16)15(18)8-11/h3-9,19H,1-2H3. The van der Waals surface area contributed by atoms with Gasteiger partial charge in [-0.05, 0) is 59.7 Å². The Bertz CT molecular complexity index is 621. The highest BCUT2D eigenvalue weighted by Gasteiger charge is 2.09. The van der Waals surface area contributed by atoms with Crippen molar-refractivity contribution in [3.05, 3.63) is 57.3 Å². The minimum absolute atomic E-state index is 0.154. The Kier molecular flexibility index (Phi) is 5.02. The van der Waals surface area contributed by atoms with Crippen LogP contribution in [0.5, 0.6) is 11.5 Å². The second kappa shape index (κ2) is 6.57. The van der Waals surface area contributed by atoms with E-state index < -0.39 is 0 Å². The van der Waals surface area contributed by atoms with Gasteiger partial charge in [0.05, 0.1) is 4.47 Å². The summed E-state index contributed by atoms with van der Waals surface area (Å²) in [6.07, 6.45) is 0. The van der Waals surface area contributed by atoms with Crippen molar-refractivity contribution in [3.63, 3.8) is 0 Å². The fourth-order valence-corrected chi connectivity index (χ4v) is 2.34. The van der Waals surface area contributed by atoms with Crippen LogP contribution >= 0.6 is 27.5 Å². The van der Waals surface area contributed by atoms with Gasteiger partial charge in [0.1, 0.15) is 17.3 Å². The molecule has 106 valence electrons. The van der Waals surface area contributed by atoms with E-state index in [1.165, 1.54) is 6.07 Å². The molecule has 0 bridgehead atoms. The van der Waals surface area contributed by atoms with E-state index in [-0.39, 0.29) is 11.9 Å². The van der Waals surface area contributed by atoms with E-state index in [1.54, 1.807) is 18.2 Å². The molecule has 0 spiro atoms. The Labute approximate surface area is 131 Å². The zero-order valence-electron chi connectivity index (χ0n) is 11.1. The van der Waals surface area contributed by atoms with E-state index in [4.69, 9.17) is 16.3 Å². The molecular weight excluding hydrogens is 345 g/mol. The molecule has 0 heterocycles. The molecule has 0 amide bonds. The van der Waals surface area contributed by atoms with Gasteiger partial charge in [-0.2, -0.15) is 0 Å². The van der Waals surface area contributed by atoms with Crippen LogP contribution in [-0.4, -0.2) is 7.05 Å². The van der Waals surface area contributed by atoms with Crippen LogP contribution < -0.4 is 10.1 Å². The topological polar surface area (TPSA) is 21.3 Å². The molecule has 5 heteroatoms. The first-order valence-electron chi connectivity index (χ1n) is 6.11. The van der Waals surface area contributed by atoms with Crippen molar-refractivity contribution >= 4 is 27.5 Å². The van der Waals surface area contributed by atoms with Gasteiger partial charge >= 0.3 is 0 Å². The third-order valence-corrected chi connectivity index (χ3v) is 3.97. The van der Waals surface area contributed by atoms with Gasteiger partial charge in [0.15, 0.2) is 0 Å². The summed E-state index contributed by atoms with van der Waals surface area (Å²) in [6.45, 7) is 2.02. The number of hydrogen-bond acceptors (Lipinski definition) is 2. The fraction of sp³-hybridized carbons (Fsp3) is 0.200. The van der Waals surface area contributed by atoms with Crippen LogP contribution in [0.2, 0.25) is 5.02 Å². The second-order valence-corrected chi connectivity index (χ2v) is 5.63. The number of halogens is 3. The van der Waals surface area contributed by atoms with Crippen molar-refractivity contribution in [2.45, 2.75) is 13.0 Å².